The van der Waals surface area contributed by atoms with E-state index in [1.54, 1.807) is 0 Å². The van der Waals surface area contributed by atoms with Crippen molar-refractivity contribution >= 4 is 13.5 Å². The van der Waals surface area contributed by atoms with Crippen molar-refractivity contribution in [3.63, 3.8) is 0 Å². The van der Waals surface area contributed by atoms with Crippen LogP contribution in [0, 0.1) is 0 Å². The summed E-state index contributed by atoms with van der Waals surface area (Å²) < 4.78 is 16.9. The summed E-state index contributed by atoms with van der Waals surface area (Å²) in [5.41, 5.74) is -1.50. The molecule has 1 aromatic rings. The number of carbonyl (C=O) groups is 1. The number of aromatic nitrogens is 2. The van der Waals surface area contributed by atoms with Crippen molar-refractivity contribution < 1.29 is 34.1 Å². The number of rotatable bonds is 5. The van der Waals surface area contributed by atoms with Crippen molar-refractivity contribution in [2.24, 2.45) is 0 Å². The third-order valence-electron chi connectivity index (χ3n) is 3.31. The number of aromatic amines is 1. The van der Waals surface area contributed by atoms with Crippen molar-refractivity contribution in [2.75, 3.05) is 12.7 Å². The number of hydrogen-bond donors (Lipinski definition) is 6. The van der Waals surface area contributed by atoms with Crippen LogP contribution in [0.2, 0.25) is 0 Å². The molecule has 4 atom stereocenters. The topological polar surface area (TPSA) is 191 Å². The van der Waals surface area contributed by atoms with Gasteiger partial charge < -0.3 is 30.1 Å². The van der Waals surface area contributed by atoms with Crippen molar-refractivity contribution in [3.8, 4) is 0 Å². The smallest absolute Gasteiger partial charge is 0.334 e. The number of aliphatic hydroxyl groups excluding tert-OH is 2. The molecule has 24 heavy (non-hydrogen) atoms. The molecule has 12 nitrogen and oxygen atoms in total. The second kappa shape index (κ2) is 6.97. The van der Waals surface area contributed by atoms with Crippen molar-refractivity contribution in [1.29, 1.82) is 0 Å². The van der Waals surface area contributed by atoms with E-state index in [0.29, 0.717) is 0 Å². The fraction of sp³-hybridized carbons (Fsp3) is 0.545. The Labute approximate surface area is 133 Å². The van der Waals surface area contributed by atoms with Gasteiger partial charge in [0.15, 0.2) is 6.23 Å². The second-order valence-corrected chi connectivity index (χ2v) is 6.84. The summed E-state index contributed by atoms with van der Waals surface area (Å²) in [6, 6.07) is 1.03. The SMILES string of the molecule is O=C(CP(=O)(O)O)NC[C@H]1O[C@@H](n2ccc(=O)[nH]c2=O)[C@H](O)[C@@H]1O. The number of aliphatic hydroxyl groups is 2. The maximum atomic E-state index is 11.7. The summed E-state index contributed by atoms with van der Waals surface area (Å²) in [5, 5.41) is 22.0. The molecule has 1 aromatic heterocycles. The van der Waals surface area contributed by atoms with Gasteiger partial charge in [0.1, 0.15) is 24.5 Å². The van der Waals surface area contributed by atoms with Crippen LogP contribution in [0.3, 0.4) is 0 Å². The molecule has 0 unspecified atom stereocenters. The molecular formula is C11H16N3O9P. The van der Waals surface area contributed by atoms with Gasteiger partial charge in [-0.05, 0) is 0 Å². The first-order chi connectivity index (χ1) is 11.1. The van der Waals surface area contributed by atoms with E-state index in [4.69, 9.17) is 14.5 Å². The Morgan fingerprint density at radius 1 is 1.33 bits per heavy atom. The van der Waals surface area contributed by atoms with Gasteiger partial charge in [0, 0.05) is 18.8 Å². The minimum atomic E-state index is -4.53. The monoisotopic (exact) mass is 365 g/mol. The molecule has 0 aliphatic carbocycles. The van der Waals surface area contributed by atoms with Crippen molar-refractivity contribution in [2.45, 2.75) is 24.5 Å². The van der Waals surface area contributed by atoms with Gasteiger partial charge in [-0.2, -0.15) is 0 Å². The molecule has 1 amide bonds. The normalized spacial score (nSPS) is 27.2. The van der Waals surface area contributed by atoms with Gasteiger partial charge in [-0.25, -0.2) is 4.79 Å². The molecule has 0 spiro atoms. The van der Waals surface area contributed by atoms with Crippen LogP contribution in [0.4, 0.5) is 0 Å². The predicted molar refractivity (Wildman–Crippen MR) is 77.2 cm³/mol. The zero-order valence-corrected chi connectivity index (χ0v) is 13.0. The van der Waals surface area contributed by atoms with Gasteiger partial charge in [-0.15, -0.1) is 0 Å². The van der Waals surface area contributed by atoms with Crippen LogP contribution in [0.1, 0.15) is 6.23 Å². The molecule has 1 aliphatic rings. The van der Waals surface area contributed by atoms with Crippen molar-refractivity contribution in [3.05, 3.63) is 33.1 Å². The first-order valence-electron chi connectivity index (χ1n) is 6.73. The summed E-state index contributed by atoms with van der Waals surface area (Å²) in [5.74, 6) is -0.960. The maximum absolute atomic E-state index is 11.7. The van der Waals surface area contributed by atoms with Crippen LogP contribution >= 0.6 is 7.60 Å². The largest absolute Gasteiger partial charge is 0.387 e. The molecule has 0 aromatic carbocycles. The fourth-order valence-corrected chi connectivity index (χ4v) is 2.70. The van der Waals surface area contributed by atoms with Crippen LogP contribution in [0.25, 0.3) is 0 Å². The highest BCUT2D eigenvalue weighted by molar-refractivity contribution is 7.52. The molecule has 1 aliphatic heterocycles. The lowest BCUT2D eigenvalue weighted by Crippen LogP contribution is -2.40. The molecule has 2 rings (SSSR count). The highest BCUT2D eigenvalue weighted by Crippen LogP contribution is 2.33. The van der Waals surface area contributed by atoms with Crippen LogP contribution in [-0.4, -0.2) is 66.5 Å². The molecular weight excluding hydrogens is 349 g/mol. The average Bonchev–Trinajstić information content (AvgIpc) is 2.71. The zero-order valence-electron chi connectivity index (χ0n) is 12.1. The van der Waals surface area contributed by atoms with E-state index in [1.165, 1.54) is 0 Å². The number of nitrogens with one attached hydrogen (secondary N) is 2. The minimum absolute atomic E-state index is 0.342. The second-order valence-electron chi connectivity index (χ2n) is 5.19. The minimum Gasteiger partial charge on any atom is -0.387 e. The van der Waals surface area contributed by atoms with Crippen LogP contribution in [-0.2, 0) is 14.1 Å². The number of H-pyrrole nitrogens is 1. The summed E-state index contributed by atoms with van der Waals surface area (Å²) in [6.07, 6.45) is -5.35. The van der Waals surface area contributed by atoms with E-state index >= 15 is 0 Å². The highest BCUT2D eigenvalue weighted by Gasteiger charge is 2.44. The van der Waals surface area contributed by atoms with E-state index in [-0.39, 0.29) is 6.54 Å². The van der Waals surface area contributed by atoms with Gasteiger partial charge in [0.25, 0.3) is 5.56 Å². The number of hydrogen-bond acceptors (Lipinski definition) is 7. The third-order valence-corrected chi connectivity index (χ3v) is 4.01. The fourth-order valence-electron chi connectivity index (χ4n) is 2.21. The summed E-state index contributed by atoms with van der Waals surface area (Å²) >= 11 is 0. The lowest BCUT2D eigenvalue weighted by Gasteiger charge is -2.16. The lowest BCUT2D eigenvalue weighted by atomic mass is 10.1. The van der Waals surface area contributed by atoms with Crippen molar-refractivity contribution in [1.82, 2.24) is 14.9 Å². The maximum Gasteiger partial charge on any atom is 0.334 e. The lowest BCUT2D eigenvalue weighted by molar-refractivity contribution is -0.120. The Morgan fingerprint density at radius 3 is 2.58 bits per heavy atom. The number of nitrogens with zero attached hydrogens (tertiary/aromatic N) is 1. The van der Waals surface area contributed by atoms with Crippen LogP contribution < -0.4 is 16.6 Å². The quantitative estimate of drug-likeness (QED) is 0.287. The molecule has 1 fully saturated rings. The molecule has 134 valence electrons. The Kier molecular flexibility index (Phi) is 5.38. The van der Waals surface area contributed by atoms with E-state index in [9.17, 15) is 29.2 Å². The van der Waals surface area contributed by atoms with Crippen LogP contribution in [0.5, 0.6) is 0 Å². The molecule has 2 heterocycles. The first-order valence-corrected chi connectivity index (χ1v) is 8.52. The van der Waals surface area contributed by atoms with Gasteiger partial charge in [-0.1, -0.05) is 0 Å². The van der Waals surface area contributed by atoms with E-state index in [1.807, 2.05) is 4.98 Å². The highest BCUT2D eigenvalue weighted by atomic mass is 31.2. The Balaban J connectivity index is 2.05. The zero-order chi connectivity index (χ0) is 18.1. The summed E-state index contributed by atoms with van der Waals surface area (Å²) in [6.45, 7) is -0.342. The molecule has 1 saturated heterocycles. The third kappa shape index (κ3) is 4.38. The van der Waals surface area contributed by atoms with E-state index in [2.05, 4.69) is 5.32 Å². The van der Waals surface area contributed by atoms with Gasteiger partial charge in [0.05, 0.1) is 0 Å². The number of carbonyl (C=O) groups excluding carboxylic acids is 1. The standard InChI is InChI=1S/C11H16N3O9P/c15-6-1-2-14(11(19)13-6)10-9(18)8(17)5(23-10)3-12-7(16)4-24(20,21)22/h1-2,5,8-10,17-18H,3-4H2,(H,12,16)(H,13,15,19)(H2,20,21,22)/t5-,8-,9-,10-/m1/s1. The Morgan fingerprint density at radius 2 is 2.00 bits per heavy atom. The average molecular weight is 365 g/mol. The molecule has 0 radical (unpaired) electrons. The Hall–Kier alpha value is -1.82. The molecule has 0 bridgehead atoms. The first kappa shape index (κ1) is 18.5. The number of ether oxygens (including phenoxy) is 1. The van der Waals surface area contributed by atoms with Crippen LogP contribution in [0.15, 0.2) is 21.9 Å². The van der Waals surface area contributed by atoms with Gasteiger partial charge in [0.2, 0.25) is 5.91 Å². The molecule has 13 heteroatoms. The molecule has 6 N–H and O–H groups in total. The Bertz CT molecular complexity index is 768. The van der Waals surface area contributed by atoms with Gasteiger partial charge in [-0.3, -0.25) is 23.7 Å². The number of amides is 1. The predicted octanol–water partition coefficient (Wildman–Crippen LogP) is -3.55. The van der Waals surface area contributed by atoms with E-state index in [0.717, 1.165) is 16.8 Å². The summed E-state index contributed by atoms with van der Waals surface area (Å²) in [4.78, 5) is 53.4. The molecule has 0 saturated carbocycles. The summed E-state index contributed by atoms with van der Waals surface area (Å²) in [7, 11) is -4.53. The van der Waals surface area contributed by atoms with E-state index < -0.39 is 55.5 Å². The van der Waals surface area contributed by atoms with Gasteiger partial charge >= 0.3 is 13.3 Å².